The lowest BCUT2D eigenvalue weighted by Crippen LogP contribution is -2.32. The van der Waals surface area contributed by atoms with Gasteiger partial charge in [0.15, 0.2) is 0 Å². The van der Waals surface area contributed by atoms with Gasteiger partial charge in [-0.25, -0.2) is 4.39 Å². The van der Waals surface area contributed by atoms with E-state index in [1.54, 1.807) is 42.3 Å². The standard InChI is InChI=1S/C24H24FN3O2/c1-28(23(29)14-26)16-17-5-4-7-20(13-17)18-9-11-19(12-10-18)24(30)27-15-21-6-2-3-8-22(21)25/h2-13H,14-16,26H2,1H3,(H,27,30). The highest BCUT2D eigenvalue weighted by molar-refractivity contribution is 5.94. The van der Waals surface area contributed by atoms with Crippen LogP contribution in [-0.2, 0) is 17.9 Å². The molecule has 0 aliphatic carbocycles. The Kier molecular flexibility index (Phi) is 6.93. The molecule has 0 atom stereocenters. The summed E-state index contributed by atoms with van der Waals surface area (Å²) in [5, 5.41) is 2.74. The molecule has 0 saturated carbocycles. The first-order chi connectivity index (χ1) is 14.5. The number of carbonyl (C=O) groups excluding carboxylic acids is 2. The Labute approximate surface area is 175 Å². The maximum atomic E-state index is 13.7. The predicted molar refractivity (Wildman–Crippen MR) is 115 cm³/mol. The average Bonchev–Trinajstić information content (AvgIpc) is 2.78. The van der Waals surface area contributed by atoms with E-state index in [4.69, 9.17) is 5.73 Å². The van der Waals surface area contributed by atoms with E-state index >= 15 is 0 Å². The van der Waals surface area contributed by atoms with E-state index in [9.17, 15) is 14.0 Å². The van der Waals surface area contributed by atoms with Gasteiger partial charge in [-0.3, -0.25) is 9.59 Å². The minimum Gasteiger partial charge on any atom is -0.348 e. The fourth-order valence-corrected chi connectivity index (χ4v) is 3.10. The van der Waals surface area contributed by atoms with Gasteiger partial charge in [-0.05, 0) is 41.0 Å². The summed E-state index contributed by atoms with van der Waals surface area (Å²) >= 11 is 0. The van der Waals surface area contributed by atoms with Crippen LogP contribution in [0.1, 0.15) is 21.5 Å². The molecule has 30 heavy (non-hydrogen) atoms. The van der Waals surface area contributed by atoms with Crippen molar-refractivity contribution in [3.63, 3.8) is 0 Å². The summed E-state index contributed by atoms with van der Waals surface area (Å²) in [6, 6.07) is 21.4. The Balaban J connectivity index is 1.66. The second-order valence-electron chi connectivity index (χ2n) is 7.01. The van der Waals surface area contributed by atoms with Crippen molar-refractivity contribution < 1.29 is 14.0 Å². The van der Waals surface area contributed by atoms with E-state index in [1.165, 1.54) is 6.07 Å². The number of nitrogens with two attached hydrogens (primary N) is 1. The third-order valence-corrected chi connectivity index (χ3v) is 4.82. The SMILES string of the molecule is CN(Cc1cccc(-c2ccc(C(=O)NCc3ccccc3F)cc2)c1)C(=O)CN. The fourth-order valence-electron chi connectivity index (χ4n) is 3.10. The zero-order valence-corrected chi connectivity index (χ0v) is 16.8. The number of benzene rings is 3. The molecule has 0 aliphatic heterocycles. The van der Waals surface area contributed by atoms with Crippen molar-refractivity contribution in [1.29, 1.82) is 0 Å². The van der Waals surface area contributed by atoms with Crippen molar-refractivity contribution in [2.45, 2.75) is 13.1 Å². The summed E-state index contributed by atoms with van der Waals surface area (Å²) in [5.74, 6) is -0.724. The zero-order valence-electron chi connectivity index (χ0n) is 16.8. The zero-order chi connectivity index (χ0) is 21.5. The molecule has 3 aromatic rings. The van der Waals surface area contributed by atoms with Crippen LogP contribution >= 0.6 is 0 Å². The lowest BCUT2D eigenvalue weighted by atomic mass is 10.0. The molecule has 0 fully saturated rings. The van der Waals surface area contributed by atoms with Crippen molar-refractivity contribution in [3.8, 4) is 11.1 Å². The molecule has 3 aromatic carbocycles. The van der Waals surface area contributed by atoms with Gasteiger partial charge < -0.3 is 16.0 Å². The first-order valence-electron chi connectivity index (χ1n) is 9.63. The minimum absolute atomic E-state index is 0.0172. The first kappa shape index (κ1) is 21.2. The molecule has 154 valence electrons. The van der Waals surface area contributed by atoms with E-state index < -0.39 is 0 Å². The maximum absolute atomic E-state index is 13.7. The molecule has 5 nitrogen and oxygen atoms in total. The monoisotopic (exact) mass is 405 g/mol. The van der Waals surface area contributed by atoms with E-state index in [0.717, 1.165) is 16.7 Å². The van der Waals surface area contributed by atoms with Gasteiger partial charge >= 0.3 is 0 Å². The van der Waals surface area contributed by atoms with Crippen LogP contribution in [0.25, 0.3) is 11.1 Å². The quantitative estimate of drug-likeness (QED) is 0.633. The van der Waals surface area contributed by atoms with Crippen LogP contribution < -0.4 is 11.1 Å². The van der Waals surface area contributed by atoms with E-state index in [2.05, 4.69) is 5.32 Å². The van der Waals surface area contributed by atoms with E-state index in [-0.39, 0.29) is 30.7 Å². The summed E-state index contributed by atoms with van der Waals surface area (Å²) in [7, 11) is 1.72. The Hall–Kier alpha value is -3.51. The highest BCUT2D eigenvalue weighted by Gasteiger charge is 2.10. The minimum atomic E-state index is -0.341. The highest BCUT2D eigenvalue weighted by Crippen LogP contribution is 2.22. The molecular formula is C24H24FN3O2. The van der Waals surface area contributed by atoms with Crippen LogP contribution in [0.15, 0.2) is 72.8 Å². The van der Waals surface area contributed by atoms with Gasteiger partial charge in [-0.1, -0.05) is 48.5 Å². The lowest BCUT2D eigenvalue weighted by Gasteiger charge is -2.16. The second kappa shape index (κ2) is 9.80. The van der Waals surface area contributed by atoms with Crippen LogP contribution in [-0.4, -0.2) is 30.3 Å². The number of likely N-dealkylation sites (N-methyl/N-ethyl adjacent to an activating group) is 1. The van der Waals surface area contributed by atoms with Gasteiger partial charge in [0.2, 0.25) is 5.91 Å². The normalized spacial score (nSPS) is 10.5. The highest BCUT2D eigenvalue weighted by atomic mass is 19.1. The second-order valence-corrected chi connectivity index (χ2v) is 7.01. The number of hydrogen-bond donors (Lipinski definition) is 2. The Morgan fingerprint density at radius 1 is 0.967 bits per heavy atom. The molecule has 0 spiro atoms. The van der Waals surface area contributed by atoms with Crippen molar-refractivity contribution in [1.82, 2.24) is 10.2 Å². The molecule has 0 aromatic heterocycles. The Bertz CT molecular complexity index is 1030. The van der Waals surface area contributed by atoms with Gasteiger partial charge in [0, 0.05) is 31.3 Å². The fraction of sp³-hybridized carbons (Fsp3) is 0.167. The number of nitrogens with zero attached hydrogens (tertiary/aromatic N) is 1. The average molecular weight is 405 g/mol. The molecule has 0 radical (unpaired) electrons. The number of nitrogens with one attached hydrogen (secondary N) is 1. The van der Waals surface area contributed by atoms with Crippen molar-refractivity contribution in [3.05, 3.63) is 95.3 Å². The van der Waals surface area contributed by atoms with Gasteiger partial charge in [-0.15, -0.1) is 0 Å². The molecule has 0 saturated heterocycles. The largest absolute Gasteiger partial charge is 0.348 e. The summed E-state index contributed by atoms with van der Waals surface area (Å²) < 4.78 is 13.7. The van der Waals surface area contributed by atoms with Gasteiger partial charge in [0.1, 0.15) is 5.82 Å². The van der Waals surface area contributed by atoms with E-state index in [1.807, 2.05) is 36.4 Å². The number of hydrogen-bond acceptors (Lipinski definition) is 3. The number of halogens is 1. The van der Waals surface area contributed by atoms with Crippen molar-refractivity contribution >= 4 is 11.8 Å². The molecule has 3 rings (SSSR count). The smallest absolute Gasteiger partial charge is 0.251 e. The van der Waals surface area contributed by atoms with Crippen LogP contribution in [0.4, 0.5) is 4.39 Å². The summed E-state index contributed by atoms with van der Waals surface area (Å²) in [6.07, 6.45) is 0. The van der Waals surface area contributed by atoms with Crippen molar-refractivity contribution in [2.24, 2.45) is 5.73 Å². The van der Waals surface area contributed by atoms with Gasteiger partial charge in [0.25, 0.3) is 5.91 Å². The molecule has 0 heterocycles. The topological polar surface area (TPSA) is 75.4 Å². The molecule has 6 heteroatoms. The number of rotatable bonds is 7. The molecule has 0 bridgehead atoms. The Morgan fingerprint density at radius 3 is 2.40 bits per heavy atom. The molecule has 2 amide bonds. The molecule has 0 aliphatic rings. The third-order valence-electron chi connectivity index (χ3n) is 4.82. The van der Waals surface area contributed by atoms with Gasteiger partial charge in [-0.2, -0.15) is 0 Å². The van der Waals surface area contributed by atoms with Crippen LogP contribution in [0.2, 0.25) is 0 Å². The number of amides is 2. The summed E-state index contributed by atoms with van der Waals surface area (Å²) in [4.78, 5) is 25.6. The first-order valence-corrected chi connectivity index (χ1v) is 9.63. The lowest BCUT2D eigenvalue weighted by molar-refractivity contribution is -0.128. The molecular weight excluding hydrogens is 381 g/mol. The number of carbonyl (C=O) groups is 2. The third kappa shape index (κ3) is 5.30. The summed E-state index contributed by atoms with van der Waals surface area (Å²) in [5.41, 5.74) is 9.28. The molecule has 3 N–H and O–H groups in total. The van der Waals surface area contributed by atoms with Crippen molar-refractivity contribution in [2.75, 3.05) is 13.6 Å². The summed E-state index contributed by atoms with van der Waals surface area (Å²) in [6.45, 7) is 0.585. The molecule has 0 unspecified atom stereocenters. The van der Waals surface area contributed by atoms with Crippen LogP contribution in [0.3, 0.4) is 0 Å². The van der Waals surface area contributed by atoms with Crippen LogP contribution in [0, 0.1) is 5.82 Å². The maximum Gasteiger partial charge on any atom is 0.251 e. The van der Waals surface area contributed by atoms with E-state index in [0.29, 0.717) is 17.7 Å². The Morgan fingerprint density at radius 2 is 1.70 bits per heavy atom. The van der Waals surface area contributed by atoms with Gasteiger partial charge in [0.05, 0.1) is 6.54 Å². The van der Waals surface area contributed by atoms with Crippen LogP contribution in [0.5, 0.6) is 0 Å². The predicted octanol–water partition coefficient (Wildman–Crippen LogP) is 3.34.